The molecular weight excluding hydrogens is 332 g/mol. The zero-order valence-corrected chi connectivity index (χ0v) is 13.0. The zero-order valence-electron chi connectivity index (χ0n) is 12.2. The molecule has 0 bridgehead atoms. The van der Waals surface area contributed by atoms with Gasteiger partial charge in [0.1, 0.15) is 5.69 Å². The van der Waals surface area contributed by atoms with Gasteiger partial charge in [-0.15, -0.1) is 0 Å². The van der Waals surface area contributed by atoms with Crippen molar-refractivity contribution in [2.24, 2.45) is 0 Å². The third kappa shape index (κ3) is 3.11. The first-order valence-electron chi connectivity index (χ1n) is 6.89. The fourth-order valence-electron chi connectivity index (χ4n) is 2.19. The number of aromatic nitrogens is 2. The van der Waals surface area contributed by atoms with Gasteiger partial charge >= 0.3 is 0 Å². The van der Waals surface area contributed by atoms with Gasteiger partial charge in [-0.25, -0.2) is 4.98 Å². The van der Waals surface area contributed by atoms with Crippen LogP contribution in [-0.2, 0) is 0 Å². The van der Waals surface area contributed by atoms with E-state index < -0.39 is 10.8 Å². The first-order chi connectivity index (χ1) is 11.6. The molecule has 0 aliphatic heterocycles. The van der Waals surface area contributed by atoms with Crippen LogP contribution in [0.2, 0.25) is 5.02 Å². The number of hydrogen-bond acceptors (Lipinski definition) is 4. The van der Waals surface area contributed by atoms with E-state index in [0.717, 1.165) is 0 Å². The molecule has 0 fully saturated rings. The van der Waals surface area contributed by atoms with E-state index in [1.165, 1.54) is 35.3 Å². The molecule has 0 aliphatic carbocycles. The van der Waals surface area contributed by atoms with E-state index in [0.29, 0.717) is 16.4 Å². The zero-order chi connectivity index (χ0) is 17.1. The van der Waals surface area contributed by atoms with Crippen molar-refractivity contribution >= 4 is 28.9 Å². The van der Waals surface area contributed by atoms with E-state index in [9.17, 15) is 14.9 Å². The van der Waals surface area contributed by atoms with E-state index in [2.05, 4.69) is 10.3 Å². The summed E-state index contributed by atoms with van der Waals surface area (Å²) in [5.74, 6) is -0.483. The standard InChI is InChI=1S/C16H11ClN4O3/c17-12-3-1-2-4-13(12)19-16(22)11-5-6-14(15(9-11)21(23)24)20-8-7-18-10-20/h1-10H,(H,19,22). The third-order valence-corrected chi connectivity index (χ3v) is 3.67. The number of benzene rings is 2. The van der Waals surface area contributed by atoms with Crippen molar-refractivity contribution in [3.8, 4) is 5.69 Å². The molecule has 2 aromatic carbocycles. The Bertz CT molecular complexity index is 909. The van der Waals surface area contributed by atoms with Crippen molar-refractivity contribution < 1.29 is 9.72 Å². The molecule has 0 aliphatic rings. The Morgan fingerprint density at radius 2 is 2.04 bits per heavy atom. The maximum atomic E-state index is 12.3. The van der Waals surface area contributed by atoms with Gasteiger partial charge < -0.3 is 9.88 Å². The Labute approximate surface area is 141 Å². The number of carbonyl (C=O) groups excluding carboxylic acids is 1. The predicted octanol–water partition coefficient (Wildman–Crippen LogP) is 3.69. The van der Waals surface area contributed by atoms with Gasteiger partial charge in [0, 0.05) is 24.0 Å². The number of nitrogens with one attached hydrogen (secondary N) is 1. The van der Waals surface area contributed by atoms with Gasteiger partial charge in [0.15, 0.2) is 0 Å². The number of rotatable bonds is 4. The molecule has 0 radical (unpaired) electrons. The average Bonchev–Trinajstić information content (AvgIpc) is 3.10. The quantitative estimate of drug-likeness (QED) is 0.578. The average molecular weight is 343 g/mol. The summed E-state index contributed by atoms with van der Waals surface area (Å²) in [6.45, 7) is 0. The summed E-state index contributed by atoms with van der Waals surface area (Å²) in [6.07, 6.45) is 4.55. The Hall–Kier alpha value is -3.19. The minimum Gasteiger partial charge on any atom is -0.321 e. The molecule has 120 valence electrons. The summed E-state index contributed by atoms with van der Waals surface area (Å²) < 4.78 is 1.51. The number of anilines is 1. The molecule has 1 amide bonds. The highest BCUT2D eigenvalue weighted by molar-refractivity contribution is 6.33. The highest BCUT2D eigenvalue weighted by Crippen LogP contribution is 2.26. The fourth-order valence-corrected chi connectivity index (χ4v) is 2.37. The van der Waals surface area contributed by atoms with E-state index in [1.54, 1.807) is 30.5 Å². The Kier molecular flexibility index (Phi) is 4.26. The summed E-state index contributed by atoms with van der Waals surface area (Å²) >= 11 is 6.00. The number of carbonyl (C=O) groups is 1. The number of para-hydroxylation sites is 1. The van der Waals surface area contributed by atoms with Crippen molar-refractivity contribution in [1.29, 1.82) is 0 Å². The second-order valence-electron chi connectivity index (χ2n) is 4.86. The summed E-state index contributed by atoms with van der Waals surface area (Å²) in [4.78, 5) is 27.0. The van der Waals surface area contributed by atoms with E-state index >= 15 is 0 Å². The maximum absolute atomic E-state index is 12.3. The molecule has 0 spiro atoms. The minimum atomic E-state index is -0.540. The molecule has 0 saturated heterocycles. The van der Waals surface area contributed by atoms with Crippen molar-refractivity contribution in [2.75, 3.05) is 5.32 Å². The molecule has 1 N–H and O–H groups in total. The van der Waals surface area contributed by atoms with Crippen LogP contribution in [0.3, 0.4) is 0 Å². The summed E-state index contributed by atoms with van der Waals surface area (Å²) in [7, 11) is 0. The van der Waals surface area contributed by atoms with Crippen LogP contribution < -0.4 is 5.32 Å². The van der Waals surface area contributed by atoms with Crippen LogP contribution in [0.25, 0.3) is 5.69 Å². The van der Waals surface area contributed by atoms with Crippen molar-refractivity contribution in [1.82, 2.24) is 9.55 Å². The van der Waals surface area contributed by atoms with Crippen molar-refractivity contribution in [3.05, 3.63) is 81.9 Å². The molecule has 0 atom stereocenters. The lowest BCUT2D eigenvalue weighted by molar-refractivity contribution is -0.384. The first-order valence-corrected chi connectivity index (χ1v) is 7.26. The topological polar surface area (TPSA) is 90.1 Å². The molecule has 3 rings (SSSR count). The van der Waals surface area contributed by atoms with Gasteiger partial charge in [0.25, 0.3) is 11.6 Å². The van der Waals surface area contributed by atoms with Gasteiger partial charge in [0.2, 0.25) is 0 Å². The number of nitro benzene ring substituents is 1. The molecule has 7 nitrogen and oxygen atoms in total. The smallest absolute Gasteiger partial charge is 0.294 e. The number of nitrogens with zero attached hydrogens (tertiary/aromatic N) is 3. The van der Waals surface area contributed by atoms with E-state index in [1.807, 2.05) is 0 Å². The van der Waals surface area contributed by atoms with Gasteiger partial charge in [-0.2, -0.15) is 0 Å². The van der Waals surface area contributed by atoms with Crippen LogP contribution in [0.5, 0.6) is 0 Å². The second kappa shape index (κ2) is 6.51. The number of hydrogen-bond donors (Lipinski definition) is 1. The van der Waals surface area contributed by atoms with Crippen molar-refractivity contribution in [3.63, 3.8) is 0 Å². The van der Waals surface area contributed by atoms with Crippen LogP contribution >= 0.6 is 11.6 Å². The maximum Gasteiger partial charge on any atom is 0.294 e. The first kappa shape index (κ1) is 15.7. The molecule has 3 aromatic rings. The molecule has 1 heterocycles. The molecule has 24 heavy (non-hydrogen) atoms. The summed E-state index contributed by atoms with van der Waals surface area (Å²) in [5.41, 5.74) is 0.725. The summed E-state index contributed by atoms with van der Waals surface area (Å²) in [6, 6.07) is 11.0. The number of nitro groups is 1. The Balaban J connectivity index is 1.94. The van der Waals surface area contributed by atoms with Crippen molar-refractivity contribution in [2.45, 2.75) is 0 Å². The van der Waals surface area contributed by atoms with Crippen LogP contribution in [0.4, 0.5) is 11.4 Å². The van der Waals surface area contributed by atoms with Gasteiger partial charge in [0.05, 0.1) is 22.0 Å². The Morgan fingerprint density at radius 1 is 1.25 bits per heavy atom. The lowest BCUT2D eigenvalue weighted by Crippen LogP contribution is -2.13. The number of halogens is 1. The van der Waals surface area contributed by atoms with Crippen LogP contribution in [0, 0.1) is 10.1 Å². The third-order valence-electron chi connectivity index (χ3n) is 3.34. The van der Waals surface area contributed by atoms with Crippen LogP contribution in [0.15, 0.2) is 61.2 Å². The highest BCUT2D eigenvalue weighted by atomic mass is 35.5. The Morgan fingerprint density at radius 3 is 2.71 bits per heavy atom. The molecule has 1 aromatic heterocycles. The highest BCUT2D eigenvalue weighted by Gasteiger charge is 2.19. The molecule has 0 saturated carbocycles. The second-order valence-corrected chi connectivity index (χ2v) is 5.27. The van der Waals surface area contributed by atoms with Crippen LogP contribution in [0.1, 0.15) is 10.4 Å². The van der Waals surface area contributed by atoms with Gasteiger partial charge in [-0.05, 0) is 24.3 Å². The van der Waals surface area contributed by atoms with Gasteiger partial charge in [-0.3, -0.25) is 14.9 Å². The van der Waals surface area contributed by atoms with E-state index in [4.69, 9.17) is 11.6 Å². The predicted molar refractivity (Wildman–Crippen MR) is 89.6 cm³/mol. The molecule has 8 heteroatoms. The SMILES string of the molecule is O=C(Nc1ccccc1Cl)c1ccc(-n2ccnc2)c([N+](=O)[O-])c1. The number of amides is 1. The van der Waals surface area contributed by atoms with Crippen LogP contribution in [-0.4, -0.2) is 20.4 Å². The number of imidazole rings is 1. The fraction of sp³-hybridized carbons (Fsp3) is 0. The largest absolute Gasteiger partial charge is 0.321 e. The summed E-state index contributed by atoms with van der Waals surface area (Å²) in [5, 5.41) is 14.3. The normalized spacial score (nSPS) is 10.4. The molecular formula is C16H11ClN4O3. The van der Waals surface area contributed by atoms with E-state index in [-0.39, 0.29) is 11.3 Å². The lowest BCUT2D eigenvalue weighted by Gasteiger charge is -2.09. The molecule has 0 unspecified atom stereocenters. The lowest BCUT2D eigenvalue weighted by atomic mass is 10.1. The minimum absolute atomic E-state index is 0.158. The van der Waals surface area contributed by atoms with Gasteiger partial charge in [-0.1, -0.05) is 23.7 Å². The monoisotopic (exact) mass is 342 g/mol.